The molecule has 0 aromatic carbocycles. The third-order valence-electron chi connectivity index (χ3n) is 3.47. The van der Waals surface area contributed by atoms with Gasteiger partial charge in [-0.3, -0.25) is 5.10 Å². The minimum Gasteiger partial charge on any atom is -0.420 e. The monoisotopic (exact) mass is 302 g/mol. The van der Waals surface area contributed by atoms with Crippen LogP contribution in [0.3, 0.4) is 0 Å². The fraction of sp³-hybridized carbons (Fsp3) is 0.286. The quantitative estimate of drug-likeness (QED) is 0.905. The Bertz CT molecular complexity index is 753. The van der Waals surface area contributed by atoms with E-state index in [9.17, 15) is 5.26 Å². The lowest BCUT2D eigenvalue weighted by molar-refractivity contribution is 0.180. The summed E-state index contributed by atoms with van der Waals surface area (Å²) < 4.78 is 10.7. The summed E-state index contributed by atoms with van der Waals surface area (Å²) in [7, 11) is 1.61. The standard InChI is InChI=1S/C14H14N4O2S/c1-7-3-4-21-12(7)10-8(5-15)13(16)20-14-11(10)9(6-19-2)17-18-14/h3-4,10H,6,16H2,1-2H3,(H,17,18)/t10-/m0/s1. The van der Waals surface area contributed by atoms with Gasteiger partial charge >= 0.3 is 0 Å². The molecule has 0 aliphatic carbocycles. The molecule has 0 saturated heterocycles. The number of aryl methyl sites for hydroxylation is 1. The van der Waals surface area contributed by atoms with Crippen molar-refractivity contribution in [1.29, 1.82) is 5.26 Å². The van der Waals surface area contributed by atoms with Crippen LogP contribution in [0.4, 0.5) is 0 Å². The molecule has 0 spiro atoms. The van der Waals surface area contributed by atoms with Crippen molar-refractivity contribution in [1.82, 2.24) is 10.2 Å². The van der Waals surface area contributed by atoms with Crippen LogP contribution in [0.25, 0.3) is 0 Å². The molecule has 6 nitrogen and oxygen atoms in total. The summed E-state index contributed by atoms with van der Waals surface area (Å²) in [6.07, 6.45) is 0. The number of allylic oxidation sites excluding steroid dienone is 1. The van der Waals surface area contributed by atoms with E-state index in [0.717, 1.165) is 21.7 Å². The molecule has 7 heteroatoms. The maximum atomic E-state index is 9.48. The Morgan fingerprint density at radius 1 is 1.62 bits per heavy atom. The predicted molar refractivity (Wildman–Crippen MR) is 77.7 cm³/mol. The van der Waals surface area contributed by atoms with Gasteiger partial charge in [-0.15, -0.1) is 16.4 Å². The zero-order valence-corrected chi connectivity index (χ0v) is 12.5. The SMILES string of the molecule is COCc1[nH]nc2c1[C@@H](c1sccc1C)C(C#N)=C(N)O2. The number of H-pyrrole nitrogens is 1. The predicted octanol–water partition coefficient (Wildman–Crippen LogP) is 2.14. The molecule has 3 N–H and O–H groups in total. The van der Waals surface area contributed by atoms with Gasteiger partial charge in [-0.05, 0) is 23.9 Å². The van der Waals surface area contributed by atoms with E-state index < -0.39 is 0 Å². The van der Waals surface area contributed by atoms with Gasteiger partial charge in [-0.1, -0.05) is 0 Å². The molecule has 0 bridgehead atoms. The number of ether oxygens (including phenoxy) is 2. The topological polar surface area (TPSA) is 97.0 Å². The van der Waals surface area contributed by atoms with E-state index in [4.69, 9.17) is 15.2 Å². The van der Waals surface area contributed by atoms with E-state index in [0.29, 0.717) is 18.1 Å². The first-order valence-electron chi connectivity index (χ1n) is 6.35. The van der Waals surface area contributed by atoms with Crippen molar-refractivity contribution in [3.8, 4) is 11.9 Å². The van der Waals surface area contributed by atoms with Gasteiger partial charge in [0.1, 0.15) is 11.6 Å². The fourth-order valence-electron chi connectivity index (χ4n) is 2.51. The minimum absolute atomic E-state index is 0.110. The highest BCUT2D eigenvalue weighted by atomic mass is 32.1. The number of methoxy groups -OCH3 is 1. The first-order valence-corrected chi connectivity index (χ1v) is 7.23. The summed E-state index contributed by atoms with van der Waals surface area (Å²) >= 11 is 1.59. The van der Waals surface area contributed by atoms with Crippen molar-refractivity contribution in [2.45, 2.75) is 19.4 Å². The Labute approximate surface area is 125 Å². The number of nitrogens with zero attached hydrogens (tertiary/aromatic N) is 2. The van der Waals surface area contributed by atoms with Gasteiger partial charge in [0.05, 0.1) is 23.8 Å². The molecule has 0 unspecified atom stereocenters. The lowest BCUT2D eigenvalue weighted by Crippen LogP contribution is -2.21. The van der Waals surface area contributed by atoms with Crippen molar-refractivity contribution in [2.75, 3.05) is 7.11 Å². The molecule has 0 radical (unpaired) electrons. The fourth-order valence-corrected chi connectivity index (χ4v) is 3.55. The van der Waals surface area contributed by atoms with Crippen LogP contribution < -0.4 is 10.5 Å². The molecule has 0 saturated carbocycles. The summed E-state index contributed by atoms with van der Waals surface area (Å²) in [5.41, 5.74) is 9.04. The lowest BCUT2D eigenvalue weighted by atomic mass is 9.87. The number of fused-ring (bicyclic) bond motifs is 1. The summed E-state index contributed by atoms with van der Waals surface area (Å²) in [5, 5.41) is 18.5. The van der Waals surface area contributed by atoms with Crippen LogP contribution >= 0.6 is 11.3 Å². The lowest BCUT2D eigenvalue weighted by Gasteiger charge is -2.23. The summed E-state index contributed by atoms with van der Waals surface area (Å²) in [4.78, 5) is 1.07. The van der Waals surface area contributed by atoms with Crippen molar-refractivity contribution in [2.24, 2.45) is 5.73 Å². The van der Waals surface area contributed by atoms with Crippen molar-refractivity contribution < 1.29 is 9.47 Å². The molecule has 1 atom stereocenters. The maximum Gasteiger partial charge on any atom is 0.244 e. The average Bonchev–Trinajstić information content (AvgIpc) is 3.05. The minimum atomic E-state index is -0.261. The molecule has 1 aliphatic heterocycles. The van der Waals surface area contributed by atoms with Crippen molar-refractivity contribution in [3.05, 3.63) is 44.6 Å². The Hall–Kier alpha value is -2.30. The van der Waals surface area contributed by atoms with Gasteiger partial charge < -0.3 is 15.2 Å². The van der Waals surface area contributed by atoms with Gasteiger partial charge in [0, 0.05) is 12.0 Å². The molecule has 2 aromatic heterocycles. The molecule has 3 heterocycles. The number of aromatic nitrogens is 2. The number of rotatable bonds is 3. The molecular weight excluding hydrogens is 288 g/mol. The summed E-state index contributed by atoms with van der Waals surface area (Å²) in [6.45, 7) is 2.38. The van der Waals surface area contributed by atoms with Gasteiger partial charge in [0.25, 0.3) is 0 Å². The number of aromatic amines is 1. The van der Waals surface area contributed by atoms with Crippen LogP contribution in [-0.2, 0) is 11.3 Å². The number of nitrogens with two attached hydrogens (primary N) is 1. The first kappa shape index (κ1) is 13.7. The number of thiophene rings is 1. The maximum absolute atomic E-state index is 9.48. The van der Waals surface area contributed by atoms with E-state index in [-0.39, 0.29) is 11.8 Å². The summed E-state index contributed by atoms with van der Waals surface area (Å²) in [5.74, 6) is 0.261. The number of hydrogen-bond donors (Lipinski definition) is 2. The third-order valence-corrected chi connectivity index (χ3v) is 4.55. The molecule has 0 fully saturated rings. The van der Waals surface area contributed by atoms with Crippen molar-refractivity contribution in [3.63, 3.8) is 0 Å². The molecule has 108 valence electrons. The molecule has 3 rings (SSSR count). The highest BCUT2D eigenvalue weighted by Crippen LogP contribution is 2.45. The summed E-state index contributed by atoms with van der Waals surface area (Å²) in [6, 6.07) is 4.20. The zero-order valence-electron chi connectivity index (χ0n) is 11.6. The number of nitrogens with one attached hydrogen (secondary N) is 1. The van der Waals surface area contributed by atoms with Crippen LogP contribution in [0.2, 0.25) is 0 Å². The Balaban J connectivity index is 2.22. The largest absolute Gasteiger partial charge is 0.420 e. The van der Waals surface area contributed by atoms with Gasteiger partial charge in [-0.25, -0.2) is 0 Å². The second-order valence-corrected chi connectivity index (χ2v) is 5.69. The van der Waals surface area contributed by atoms with E-state index >= 15 is 0 Å². The highest BCUT2D eigenvalue weighted by Gasteiger charge is 2.36. The molecule has 0 amide bonds. The Morgan fingerprint density at radius 2 is 2.43 bits per heavy atom. The number of hydrogen-bond acceptors (Lipinski definition) is 6. The Kier molecular flexibility index (Phi) is 3.41. The van der Waals surface area contributed by atoms with E-state index in [1.807, 2.05) is 18.4 Å². The van der Waals surface area contributed by atoms with E-state index in [1.165, 1.54) is 0 Å². The van der Waals surface area contributed by atoms with E-state index in [2.05, 4.69) is 16.3 Å². The molecule has 21 heavy (non-hydrogen) atoms. The second kappa shape index (κ2) is 5.24. The normalized spacial score (nSPS) is 17.3. The third kappa shape index (κ3) is 2.09. The zero-order chi connectivity index (χ0) is 15.0. The molecule has 2 aromatic rings. The van der Waals surface area contributed by atoms with Gasteiger partial charge in [0.2, 0.25) is 11.8 Å². The number of nitriles is 1. The molecular formula is C14H14N4O2S. The first-order chi connectivity index (χ1) is 10.2. The average molecular weight is 302 g/mol. The Morgan fingerprint density at radius 3 is 3.05 bits per heavy atom. The highest BCUT2D eigenvalue weighted by molar-refractivity contribution is 7.10. The van der Waals surface area contributed by atoms with Crippen molar-refractivity contribution >= 4 is 11.3 Å². The van der Waals surface area contributed by atoms with Gasteiger partial charge in [0.15, 0.2) is 0 Å². The van der Waals surface area contributed by atoms with E-state index in [1.54, 1.807) is 18.4 Å². The van der Waals surface area contributed by atoms with Crippen LogP contribution in [0, 0.1) is 18.3 Å². The van der Waals surface area contributed by atoms with Crippen LogP contribution in [0.15, 0.2) is 22.9 Å². The van der Waals surface area contributed by atoms with Crippen LogP contribution in [-0.4, -0.2) is 17.3 Å². The van der Waals surface area contributed by atoms with Crippen LogP contribution in [0.1, 0.15) is 27.6 Å². The van der Waals surface area contributed by atoms with Gasteiger partial charge in [-0.2, -0.15) is 5.26 Å². The molecule has 1 aliphatic rings. The second-order valence-electron chi connectivity index (χ2n) is 4.75. The van der Waals surface area contributed by atoms with Crippen LogP contribution in [0.5, 0.6) is 5.88 Å². The smallest absolute Gasteiger partial charge is 0.244 e.